The summed E-state index contributed by atoms with van der Waals surface area (Å²) < 4.78 is 52.5. The van der Waals surface area contributed by atoms with Crippen LogP contribution >= 0.6 is 67.8 Å². The van der Waals surface area contributed by atoms with E-state index in [0.717, 1.165) is 0 Å². The second-order valence-corrected chi connectivity index (χ2v) is 11.2. The zero-order chi connectivity index (χ0) is 24.3. The second kappa shape index (κ2) is 11.0. The molecule has 12 heteroatoms. The van der Waals surface area contributed by atoms with Crippen molar-refractivity contribution in [2.45, 2.75) is 11.8 Å². The first kappa shape index (κ1) is 26.4. The molecule has 0 aliphatic carbocycles. The third-order valence-electron chi connectivity index (χ3n) is 4.27. The molecule has 0 radical (unpaired) electrons. The van der Waals surface area contributed by atoms with Crippen LogP contribution in [0.25, 0.3) is 10.8 Å². The molecule has 33 heavy (non-hydrogen) atoms. The summed E-state index contributed by atoms with van der Waals surface area (Å²) in [5.74, 6) is -0.450. The van der Waals surface area contributed by atoms with Crippen LogP contribution in [0.5, 0.6) is 11.5 Å². The van der Waals surface area contributed by atoms with E-state index in [1.165, 1.54) is 25.1 Å². The van der Waals surface area contributed by atoms with Gasteiger partial charge in [0.05, 0.1) is 17.6 Å². The Morgan fingerprint density at radius 3 is 2.27 bits per heavy atom. The molecule has 0 aromatic heterocycles. The van der Waals surface area contributed by atoms with Gasteiger partial charge in [-0.15, -0.1) is 0 Å². The number of benzene rings is 3. The zero-order valence-electron chi connectivity index (χ0n) is 16.8. The van der Waals surface area contributed by atoms with Gasteiger partial charge >= 0.3 is 11.9 Å². The van der Waals surface area contributed by atoms with Crippen LogP contribution in [0.4, 0.5) is 0 Å². The fourth-order valence-corrected chi connectivity index (χ4v) is 7.66. The maximum Gasteiger partial charge on any atom is 0.340 e. The fraction of sp³-hybridized carbons (Fsp3) is 0.143. The molecule has 0 fully saturated rings. The molecule has 174 valence electrons. The molecular weight excluding hydrogens is 793 g/mol. The Labute approximate surface area is 230 Å². The number of hydrogen-bond donors (Lipinski definition) is 0. The Kier molecular flexibility index (Phi) is 8.79. The Balaban J connectivity index is 1.73. The molecule has 0 bridgehead atoms. The van der Waals surface area contributed by atoms with E-state index in [-0.39, 0.29) is 29.1 Å². The zero-order valence-corrected chi connectivity index (χ0v) is 24.1. The quantitative estimate of drug-likeness (QED) is 0.111. The van der Waals surface area contributed by atoms with E-state index in [4.69, 9.17) is 14.2 Å². The first-order valence-electron chi connectivity index (χ1n) is 9.14. The number of fused-ring (bicyclic) bond motifs is 1. The third-order valence-corrected chi connectivity index (χ3v) is 7.84. The van der Waals surface area contributed by atoms with Crippen molar-refractivity contribution in [2.75, 3.05) is 13.2 Å². The number of esters is 2. The van der Waals surface area contributed by atoms with Gasteiger partial charge in [0.2, 0.25) is 0 Å². The van der Waals surface area contributed by atoms with Gasteiger partial charge in [0.15, 0.2) is 5.75 Å². The molecule has 0 atom stereocenters. The molecule has 3 aromatic carbocycles. The summed E-state index contributed by atoms with van der Waals surface area (Å²) >= 11 is 5.97. The van der Waals surface area contributed by atoms with Crippen LogP contribution in [-0.2, 0) is 19.6 Å². The van der Waals surface area contributed by atoms with E-state index in [9.17, 15) is 22.6 Å². The lowest BCUT2D eigenvalue weighted by Gasteiger charge is -2.15. The molecule has 0 unspecified atom stereocenters. The van der Waals surface area contributed by atoms with Crippen molar-refractivity contribution >= 4 is 101 Å². The summed E-state index contributed by atoms with van der Waals surface area (Å²) in [6.45, 7) is 1.19. The van der Waals surface area contributed by atoms with E-state index in [1.54, 1.807) is 24.3 Å². The van der Waals surface area contributed by atoms with E-state index in [1.807, 2.05) is 67.8 Å². The molecule has 0 heterocycles. The predicted octanol–water partition coefficient (Wildman–Crippen LogP) is 4.72. The topological polar surface area (TPSA) is 119 Å². The molecule has 3 rings (SSSR count). The molecule has 0 amide bonds. The van der Waals surface area contributed by atoms with E-state index < -0.39 is 22.1 Å². The maximum absolute atomic E-state index is 12.7. The standard InChI is InChI=1S/C21H15I3O8S/c1-11(25)32-20-15(23)10-14(22)18(19(20)24)21(26)31-9-8-30-16-6-7-17(33(27,28)29)13-5-3-2-4-12(13)16/h2-7,10H,8-9H2,1H3,(H,27,28,29)/p-1. The number of carbonyl (C=O) groups excluding carboxylic acids is 2. The molecule has 0 N–H and O–H groups in total. The largest absolute Gasteiger partial charge is 0.744 e. The highest BCUT2D eigenvalue weighted by atomic mass is 127. The number of halogens is 3. The van der Waals surface area contributed by atoms with Gasteiger partial charge in [0.25, 0.3) is 0 Å². The van der Waals surface area contributed by atoms with Crippen LogP contribution in [0.15, 0.2) is 47.4 Å². The van der Waals surface area contributed by atoms with Crippen LogP contribution in [-0.4, -0.2) is 38.1 Å². The summed E-state index contributed by atoms with van der Waals surface area (Å²) in [5, 5.41) is 0.705. The molecule has 3 aromatic rings. The maximum atomic E-state index is 12.7. The highest BCUT2D eigenvalue weighted by Crippen LogP contribution is 2.34. The summed E-state index contributed by atoms with van der Waals surface area (Å²) in [7, 11) is -4.64. The molecule has 0 saturated heterocycles. The molecule has 0 saturated carbocycles. The summed E-state index contributed by atoms with van der Waals surface area (Å²) in [5.41, 5.74) is 0.281. The van der Waals surface area contributed by atoms with Gasteiger partial charge in [-0.05, 0) is 86.0 Å². The molecule has 8 nitrogen and oxygen atoms in total. The predicted molar refractivity (Wildman–Crippen MR) is 144 cm³/mol. The van der Waals surface area contributed by atoms with Crippen molar-refractivity contribution in [1.82, 2.24) is 0 Å². The van der Waals surface area contributed by atoms with Crippen LogP contribution in [0.3, 0.4) is 0 Å². The van der Waals surface area contributed by atoms with Gasteiger partial charge in [-0.1, -0.05) is 24.3 Å². The number of rotatable bonds is 7. The van der Waals surface area contributed by atoms with Gasteiger partial charge in [-0.25, -0.2) is 13.2 Å². The number of hydrogen-bond acceptors (Lipinski definition) is 8. The van der Waals surface area contributed by atoms with E-state index in [0.29, 0.717) is 27.6 Å². The Morgan fingerprint density at radius 2 is 1.64 bits per heavy atom. The van der Waals surface area contributed by atoms with Crippen molar-refractivity contribution in [3.63, 3.8) is 0 Å². The average Bonchev–Trinajstić information content (AvgIpc) is 2.73. The van der Waals surface area contributed by atoms with Crippen molar-refractivity contribution < 1.29 is 36.8 Å². The highest BCUT2D eigenvalue weighted by Gasteiger charge is 2.23. The molecule has 0 spiro atoms. The Morgan fingerprint density at radius 1 is 0.970 bits per heavy atom. The fourth-order valence-electron chi connectivity index (χ4n) is 2.94. The van der Waals surface area contributed by atoms with Gasteiger partial charge in [-0.3, -0.25) is 4.79 Å². The minimum atomic E-state index is -4.64. The van der Waals surface area contributed by atoms with Crippen LogP contribution in [0.1, 0.15) is 17.3 Å². The first-order chi connectivity index (χ1) is 15.5. The SMILES string of the molecule is CC(=O)Oc1c(I)cc(I)c(C(=O)OCCOc2ccc(S(=O)(=O)[O-])c3ccccc23)c1I. The van der Waals surface area contributed by atoms with Crippen molar-refractivity contribution in [1.29, 1.82) is 0 Å². The van der Waals surface area contributed by atoms with Gasteiger partial charge < -0.3 is 18.8 Å². The van der Waals surface area contributed by atoms with Crippen LogP contribution in [0.2, 0.25) is 0 Å². The first-order valence-corrected chi connectivity index (χ1v) is 13.8. The van der Waals surface area contributed by atoms with Crippen molar-refractivity contribution in [3.05, 3.63) is 58.7 Å². The highest BCUT2D eigenvalue weighted by molar-refractivity contribution is 14.1. The van der Waals surface area contributed by atoms with E-state index >= 15 is 0 Å². The van der Waals surface area contributed by atoms with Gasteiger partial charge in [-0.2, -0.15) is 0 Å². The lowest BCUT2D eigenvalue weighted by molar-refractivity contribution is -0.132. The monoisotopic (exact) mass is 807 g/mol. The van der Waals surface area contributed by atoms with E-state index in [2.05, 4.69) is 0 Å². The minimum absolute atomic E-state index is 0.00641. The second-order valence-electron chi connectivity index (χ2n) is 6.50. The molecular formula is C21H14I3O8S-. The number of carbonyl (C=O) groups is 2. The Hall–Kier alpha value is -1.24. The minimum Gasteiger partial charge on any atom is -0.744 e. The van der Waals surface area contributed by atoms with Crippen LogP contribution in [0, 0.1) is 10.7 Å². The molecule has 0 aliphatic heterocycles. The summed E-state index contributed by atoms with van der Waals surface area (Å²) in [4.78, 5) is 23.7. The van der Waals surface area contributed by atoms with Crippen molar-refractivity contribution in [3.8, 4) is 11.5 Å². The normalized spacial score (nSPS) is 11.3. The average molecular weight is 807 g/mol. The molecule has 0 aliphatic rings. The lowest BCUT2D eigenvalue weighted by atomic mass is 10.1. The number of ether oxygens (including phenoxy) is 3. The third kappa shape index (κ3) is 6.26. The van der Waals surface area contributed by atoms with Crippen LogP contribution < -0.4 is 9.47 Å². The summed E-state index contributed by atoms with van der Waals surface area (Å²) in [6, 6.07) is 10.8. The van der Waals surface area contributed by atoms with Gasteiger partial charge in [0.1, 0.15) is 29.1 Å². The van der Waals surface area contributed by atoms with Crippen molar-refractivity contribution in [2.24, 2.45) is 0 Å². The van der Waals surface area contributed by atoms with Gasteiger partial charge in [0, 0.05) is 21.3 Å². The smallest absolute Gasteiger partial charge is 0.340 e. The lowest BCUT2D eigenvalue weighted by Crippen LogP contribution is -2.16. The Bertz CT molecular complexity index is 1360. The summed E-state index contributed by atoms with van der Waals surface area (Å²) in [6.07, 6.45) is 0.